The van der Waals surface area contributed by atoms with Crippen molar-refractivity contribution in [3.63, 3.8) is 0 Å². The van der Waals surface area contributed by atoms with Crippen LogP contribution in [0, 0.1) is 0 Å². The maximum atomic E-state index is 10.3. The van der Waals surface area contributed by atoms with E-state index in [-0.39, 0.29) is 6.42 Å². The van der Waals surface area contributed by atoms with Crippen LogP contribution in [0.2, 0.25) is 0 Å². The van der Waals surface area contributed by atoms with Crippen LogP contribution in [0.3, 0.4) is 0 Å². The third-order valence-corrected chi connectivity index (χ3v) is 2.16. The molecule has 1 N–H and O–H groups in total. The van der Waals surface area contributed by atoms with E-state index in [1.54, 1.807) is 0 Å². The summed E-state index contributed by atoms with van der Waals surface area (Å²) in [6.07, 6.45) is 0.227. The van der Waals surface area contributed by atoms with Gasteiger partial charge in [-0.25, -0.2) is 0 Å². The third-order valence-electron chi connectivity index (χ3n) is 2.16. The molecule has 70 valence electrons. The molecule has 1 aliphatic rings. The van der Waals surface area contributed by atoms with Gasteiger partial charge < -0.3 is 9.84 Å². The smallest absolute Gasteiger partial charge is 0.304 e. The zero-order valence-corrected chi connectivity index (χ0v) is 7.32. The van der Waals surface area contributed by atoms with Crippen LogP contribution in [-0.2, 0) is 9.53 Å². The number of ether oxygens (including phenoxy) is 1. The molecule has 1 fully saturated rings. The Kier molecular flexibility index (Phi) is 3.49. The number of likely N-dealkylation sites (N-methyl/N-ethyl adjacent to an activating group) is 1. The van der Waals surface area contributed by atoms with E-state index in [1.807, 2.05) is 6.92 Å². The molecule has 0 amide bonds. The average molecular weight is 173 g/mol. The molecule has 0 spiro atoms. The van der Waals surface area contributed by atoms with E-state index >= 15 is 0 Å². The maximum Gasteiger partial charge on any atom is 0.304 e. The molecule has 0 saturated carbocycles. The van der Waals surface area contributed by atoms with Gasteiger partial charge in [0, 0.05) is 6.54 Å². The number of carboxylic acids is 1. The first-order chi connectivity index (χ1) is 5.74. The first kappa shape index (κ1) is 9.48. The van der Waals surface area contributed by atoms with Crippen LogP contribution >= 0.6 is 0 Å². The summed E-state index contributed by atoms with van der Waals surface area (Å²) in [5.41, 5.74) is 0. The van der Waals surface area contributed by atoms with E-state index < -0.39 is 5.97 Å². The van der Waals surface area contributed by atoms with Crippen LogP contribution in [0.4, 0.5) is 0 Å². The summed E-state index contributed by atoms with van der Waals surface area (Å²) in [5.74, 6) is -0.728. The largest absolute Gasteiger partial charge is 0.481 e. The lowest BCUT2D eigenvalue weighted by Gasteiger charge is -2.36. The van der Waals surface area contributed by atoms with Crippen molar-refractivity contribution in [1.29, 1.82) is 0 Å². The molecule has 1 saturated heterocycles. The summed E-state index contributed by atoms with van der Waals surface area (Å²) in [4.78, 5) is 12.4. The van der Waals surface area contributed by atoms with Gasteiger partial charge in [0.15, 0.2) is 0 Å². The minimum atomic E-state index is -0.728. The Morgan fingerprint density at radius 3 is 2.67 bits per heavy atom. The first-order valence-electron chi connectivity index (χ1n) is 4.27. The molecule has 1 aliphatic heterocycles. The molecule has 0 aliphatic carbocycles. The van der Waals surface area contributed by atoms with Crippen LogP contribution in [0.1, 0.15) is 13.3 Å². The minimum Gasteiger partial charge on any atom is -0.481 e. The Bertz CT molecular complexity index is 156. The number of carbonyl (C=O) groups is 1. The molecule has 12 heavy (non-hydrogen) atoms. The van der Waals surface area contributed by atoms with Crippen LogP contribution in [0.25, 0.3) is 0 Å². The fourth-order valence-corrected chi connectivity index (χ4v) is 1.27. The monoisotopic (exact) mass is 173 g/mol. The van der Waals surface area contributed by atoms with Gasteiger partial charge in [0.2, 0.25) is 0 Å². The van der Waals surface area contributed by atoms with Gasteiger partial charge >= 0.3 is 5.97 Å². The van der Waals surface area contributed by atoms with E-state index in [0.717, 1.165) is 19.8 Å². The summed E-state index contributed by atoms with van der Waals surface area (Å²) in [6.45, 7) is 5.10. The topological polar surface area (TPSA) is 49.8 Å². The first-order valence-corrected chi connectivity index (χ1v) is 4.27. The molecular weight excluding hydrogens is 158 g/mol. The van der Waals surface area contributed by atoms with Crippen LogP contribution in [-0.4, -0.2) is 48.3 Å². The lowest BCUT2D eigenvalue weighted by molar-refractivity contribution is -0.138. The van der Waals surface area contributed by atoms with Gasteiger partial charge in [0.25, 0.3) is 0 Å². The van der Waals surface area contributed by atoms with Crippen molar-refractivity contribution < 1.29 is 14.6 Å². The van der Waals surface area contributed by atoms with Crippen LogP contribution < -0.4 is 0 Å². The normalized spacial score (nSPS) is 17.8. The van der Waals surface area contributed by atoms with Crippen molar-refractivity contribution in [2.24, 2.45) is 0 Å². The van der Waals surface area contributed by atoms with Crippen molar-refractivity contribution in [2.75, 3.05) is 26.3 Å². The highest BCUT2D eigenvalue weighted by atomic mass is 16.5. The number of carboxylic acid groups (broad SMARTS) is 1. The second-order valence-corrected chi connectivity index (χ2v) is 2.96. The van der Waals surface area contributed by atoms with Gasteiger partial charge in [-0.15, -0.1) is 0 Å². The lowest BCUT2D eigenvalue weighted by atomic mass is 10.2. The molecule has 0 aromatic heterocycles. The number of nitrogens with zero attached hydrogens (tertiary/aromatic N) is 1. The standard InChI is InChI=1S/C8H15NO3/c1-2-9(4-3-8(10)11)7-5-12-6-7/h7H,2-6H2,1H3,(H,10,11). The van der Waals surface area contributed by atoms with Gasteiger partial charge in [0.1, 0.15) is 0 Å². The lowest BCUT2D eigenvalue weighted by Crippen LogP contribution is -2.49. The maximum absolute atomic E-state index is 10.3. The zero-order chi connectivity index (χ0) is 8.97. The highest BCUT2D eigenvalue weighted by molar-refractivity contribution is 5.66. The predicted molar refractivity (Wildman–Crippen MR) is 44.1 cm³/mol. The average Bonchev–Trinajstić information content (AvgIpc) is 1.93. The molecule has 0 unspecified atom stereocenters. The Hall–Kier alpha value is -0.610. The predicted octanol–water partition coefficient (Wildman–Crippen LogP) is 0.182. The molecule has 0 bridgehead atoms. The third kappa shape index (κ3) is 2.46. The van der Waals surface area contributed by atoms with Crippen molar-refractivity contribution in [1.82, 2.24) is 4.90 Å². The van der Waals surface area contributed by atoms with Crippen LogP contribution in [0.5, 0.6) is 0 Å². The van der Waals surface area contributed by atoms with Gasteiger partial charge in [-0.3, -0.25) is 9.69 Å². The summed E-state index contributed by atoms with van der Waals surface area (Å²) in [5, 5.41) is 8.47. The van der Waals surface area contributed by atoms with E-state index in [1.165, 1.54) is 0 Å². The number of hydrogen-bond acceptors (Lipinski definition) is 3. The van der Waals surface area contributed by atoms with Crippen molar-refractivity contribution in [3.05, 3.63) is 0 Å². The van der Waals surface area contributed by atoms with Gasteiger partial charge in [0.05, 0.1) is 25.7 Å². The quantitative estimate of drug-likeness (QED) is 0.644. The van der Waals surface area contributed by atoms with Gasteiger partial charge in [-0.1, -0.05) is 6.92 Å². The fraction of sp³-hybridized carbons (Fsp3) is 0.875. The Labute approximate surface area is 72.1 Å². The Morgan fingerprint density at radius 1 is 1.67 bits per heavy atom. The van der Waals surface area contributed by atoms with Crippen LogP contribution in [0.15, 0.2) is 0 Å². The number of rotatable bonds is 5. The molecular formula is C8H15NO3. The Balaban J connectivity index is 2.20. The highest BCUT2D eigenvalue weighted by Gasteiger charge is 2.24. The van der Waals surface area contributed by atoms with E-state index in [0.29, 0.717) is 12.6 Å². The second-order valence-electron chi connectivity index (χ2n) is 2.96. The second kappa shape index (κ2) is 4.42. The summed E-state index contributed by atoms with van der Waals surface area (Å²) in [7, 11) is 0. The highest BCUT2D eigenvalue weighted by Crippen LogP contribution is 2.09. The van der Waals surface area contributed by atoms with Gasteiger partial charge in [-0.2, -0.15) is 0 Å². The molecule has 4 nitrogen and oxygen atoms in total. The fourth-order valence-electron chi connectivity index (χ4n) is 1.27. The summed E-state index contributed by atoms with van der Waals surface area (Å²) < 4.78 is 5.04. The van der Waals surface area contributed by atoms with Crippen molar-refractivity contribution >= 4 is 5.97 Å². The zero-order valence-electron chi connectivity index (χ0n) is 7.32. The number of aliphatic carboxylic acids is 1. The minimum absolute atomic E-state index is 0.227. The van der Waals surface area contributed by atoms with E-state index in [9.17, 15) is 4.79 Å². The van der Waals surface area contributed by atoms with E-state index in [4.69, 9.17) is 9.84 Å². The molecule has 0 radical (unpaired) electrons. The molecule has 1 rings (SSSR count). The summed E-state index contributed by atoms with van der Waals surface area (Å²) >= 11 is 0. The van der Waals surface area contributed by atoms with E-state index in [2.05, 4.69) is 4.90 Å². The molecule has 0 aromatic carbocycles. The molecule has 0 aromatic rings. The molecule has 0 atom stereocenters. The van der Waals surface area contributed by atoms with Crippen molar-refractivity contribution in [3.8, 4) is 0 Å². The van der Waals surface area contributed by atoms with Crippen molar-refractivity contribution in [2.45, 2.75) is 19.4 Å². The summed E-state index contributed by atoms with van der Waals surface area (Å²) in [6, 6.07) is 0.453. The molecule has 1 heterocycles. The molecule has 4 heteroatoms. The Morgan fingerprint density at radius 2 is 2.33 bits per heavy atom. The number of hydrogen-bond donors (Lipinski definition) is 1. The van der Waals surface area contributed by atoms with Gasteiger partial charge in [-0.05, 0) is 6.54 Å². The SMILES string of the molecule is CCN(CCC(=O)O)C1COC1.